The topological polar surface area (TPSA) is 68.0 Å². The van der Waals surface area contributed by atoms with Gasteiger partial charge in [-0.2, -0.15) is 5.10 Å². The molecule has 12 heavy (non-hydrogen) atoms. The summed E-state index contributed by atoms with van der Waals surface area (Å²) in [6.45, 7) is 2.04. The number of halogens is 1. The first kappa shape index (κ1) is 9.18. The van der Waals surface area contributed by atoms with E-state index in [4.69, 9.17) is 5.11 Å². The van der Waals surface area contributed by atoms with Gasteiger partial charge in [-0.05, 0) is 6.92 Å². The zero-order chi connectivity index (χ0) is 9.14. The predicted octanol–water partition coefficient (Wildman–Crippen LogP) is 0.435. The van der Waals surface area contributed by atoms with Crippen molar-refractivity contribution < 1.29 is 9.90 Å². The maximum atomic E-state index is 10.4. The summed E-state index contributed by atoms with van der Waals surface area (Å²) in [5, 5.41) is 12.5. The summed E-state index contributed by atoms with van der Waals surface area (Å²) >= 11 is 3.00. The van der Waals surface area contributed by atoms with Crippen molar-refractivity contribution in [2.75, 3.05) is 0 Å². The first-order chi connectivity index (χ1) is 5.59. The van der Waals surface area contributed by atoms with Crippen LogP contribution in [0.5, 0.6) is 0 Å². The Kier molecular flexibility index (Phi) is 2.80. The minimum Gasteiger partial charge on any atom is -0.480 e. The maximum Gasteiger partial charge on any atom is 0.319 e. The monoisotopic (exact) mass is 233 g/mol. The SMILES string of the molecule is Cc1ncn(CC(Br)C(=O)O)n1. The average Bonchev–Trinajstić information content (AvgIpc) is 2.35. The Balaban J connectivity index is 2.58. The molecule has 0 amide bonds. The zero-order valence-corrected chi connectivity index (χ0v) is 8.02. The Morgan fingerprint density at radius 3 is 3.00 bits per heavy atom. The summed E-state index contributed by atoms with van der Waals surface area (Å²) in [6.07, 6.45) is 1.51. The summed E-state index contributed by atoms with van der Waals surface area (Å²) in [5.41, 5.74) is 0. The van der Waals surface area contributed by atoms with Crippen LogP contribution in [0.25, 0.3) is 0 Å². The minimum absolute atomic E-state index is 0.288. The summed E-state index contributed by atoms with van der Waals surface area (Å²) < 4.78 is 1.49. The molecule has 0 spiro atoms. The van der Waals surface area contributed by atoms with Gasteiger partial charge in [-0.15, -0.1) is 0 Å². The molecule has 1 N–H and O–H groups in total. The highest BCUT2D eigenvalue weighted by Gasteiger charge is 2.13. The second-order valence-corrected chi connectivity index (χ2v) is 3.42. The molecule has 1 atom stereocenters. The van der Waals surface area contributed by atoms with Gasteiger partial charge >= 0.3 is 5.97 Å². The predicted molar refractivity (Wildman–Crippen MR) is 45.1 cm³/mol. The van der Waals surface area contributed by atoms with Gasteiger partial charge in [0.05, 0.1) is 6.54 Å². The fourth-order valence-corrected chi connectivity index (χ4v) is 1.01. The second kappa shape index (κ2) is 3.66. The standard InChI is InChI=1S/C6H8BrN3O2/c1-4-8-3-10(9-4)2-5(7)6(11)12/h3,5H,2H2,1H3,(H,11,12). The smallest absolute Gasteiger partial charge is 0.319 e. The minimum atomic E-state index is -0.900. The lowest BCUT2D eigenvalue weighted by Gasteiger charge is -2.02. The molecule has 0 bridgehead atoms. The molecule has 1 aromatic rings. The molecule has 66 valence electrons. The van der Waals surface area contributed by atoms with Crippen LogP contribution >= 0.6 is 15.9 Å². The highest BCUT2D eigenvalue weighted by Crippen LogP contribution is 2.02. The van der Waals surface area contributed by atoms with Gasteiger partial charge in [0.15, 0.2) is 0 Å². The van der Waals surface area contributed by atoms with E-state index in [1.54, 1.807) is 6.92 Å². The van der Waals surface area contributed by atoms with E-state index in [1.807, 2.05) is 0 Å². The maximum absolute atomic E-state index is 10.4. The number of aryl methyl sites for hydroxylation is 1. The normalized spacial score (nSPS) is 12.8. The molecule has 0 aliphatic carbocycles. The number of alkyl halides is 1. The molecule has 5 nitrogen and oxygen atoms in total. The number of carboxylic acids is 1. The van der Waals surface area contributed by atoms with Crippen molar-refractivity contribution in [1.82, 2.24) is 14.8 Å². The van der Waals surface area contributed by atoms with Gasteiger partial charge < -0.3 is 5.11 Å². The highest BCUT2D eigenvalue weighted by atomic mass is 79.9. The lowest BCUT2D eigenvalue weighted by Crippen LogP contribution is -2.19. The number of hydrogen-bond donors (Lipinski definition) is 1. The van der Waals surface area contributed by atoms with E-state index in [9.17, 15) is 4.79 Å². The van der Waals surface area contributed by atoms with Crippen molar-refractivity contribution in [2.45, 2.75) is 18.3 Å². The first-order valence-corrected chi connectivity index (χ1v) is 4.24. The molecule has 6 heteroatoms. The van der Waals surface area contributed by atoms with E-state index in [2.05, 4.69) is 26.0 Å². The molecule has 0 saturated heterocycles. The summed E-state index contributed by atoms with van der Waals surface area (Å²) in [4.78, 5) is 13.7. The quantitative estimate of drug-likeness (QED) is 0.770. The molecule has 1 heterocycles. The summed E-state index contributed by atoms with van der Waals surface area (Å²) in [5.74, 6) is -0.261. The third kappa shape index (κ3) is 2.30. The van der Waals surface area contributed by atoms with Gasteiger partial charge in [0.2, 0.25) is 0 Å². The van der Waals surface area contributed by atoms with Crippen LogP contribution in [0.3, 0.4) is 0 Å². The van der Waals surface area contributed by atoms with Crippen molar-refractivity contribution in [2.24, 2.45) is 0 Å². The van der Waals surface area contributed by atoms with Crippen molar-refractivity contribution in [3.63, 3.8) is 0 Å². The van der Waals surface area contributed by atoms with Crippen molar-refractivity contribution in [3.8, 4) is 0 Å². The van der Waals surface area contributed by atoms with Gasteiger partial charge in [0.25, 0.3) is 0 Å². The van der Waals surface area contributed by atoms with Crippen molar-refractivity contribution in [3.05, 3.63) is 12.2 Å². The largest absolute Gasteiger partial charge is 0.480 e. The molecule has 0 saturated carbocycles. The molecule has 0 aliphatic heterocycles. The van der Waals surface area contributed by atoms with Crippen LogP contribution < -0.4 is 0 Å². The van der Waals surface area contributed by atoms with Crippen LogP contribution in [0.15, 0.2) is 6.33 Å². The zero-order valence-electron chi connectivity index (χ0n) is 6.44. The number of aliphatic carboxylic acids is 1. The summed E-state index contributed by atoms with van der Waals surface area (Å²) in [7, 11) is 0. The fraction of sp³-hybridized carbons (Fsp3) is 0.500. The molecule has 0 radical (unpaired) electrons. The molecular formula is C6H8BrN3O2. The number of carboxylic acid groups (broad SMARTS) is 1. The number of hydrogen-bond acceptors (Lipinski definition) is 3. The van der Waals surface area contributed by atoms with Crippen LogP contribution in [-0.4, -0.2) is 30.7 Å². The third-order valence-electron chi connectivity index (χ3n) is 1.27. The lowest BCUT2D eigenvalue weighted by molar-refractivity contribution is -0.136. The van der Waals surface area contributed by atoms with Gasteiger partial charge in [-0.3, -0.25) is 9.48 Å². The number of rotatable bonds is 3. The van der Waals surface area contributed by atoms with Gasteiger partial charge in [0.1, 0.15) is 17.0 Å². The fourth-order valence-electron chi connectivity index (χ4n) is 0.718. The third-order valence-corrected chi connectivity index (χ3v) is 1.95. The van der Waals surface area contributed by atoms with E-state index in [1.165, 1.54) is 11.0 Å². The van der Waals surface area contributed by atoms with Crippen LogP contribution in [0.2, 0.25) is 0 Å². The van der Waals surface area contributed by atoms with Crippen LogP contribution in [0, 0.1) is 6.92 Å². The van der Waals surface area contributed by atoms with Gasteiger partial charge in [0, 0.05) is 0 Å². The molecular weight excluding hydrogens is 226 g/mol. The Labute approximate surface area is 77.5 Å². The van der Waals surface area contributed by atoms with Crippen LogP contribution in [0.1, 0.15) is 5.82 Å². The Morgan fingerprint density at radius 2 is 2.58 bits per heavy atom. The van der Waals surface area contributed by atoms with Crippen molar-refractivity contribution >= 4 is 21.9 Å². The molecule has 0 fully saturated rings. The van der Waals surface area contributed by atoms with E-state index in [-0.39, 0.29) is 6.54 Å². The molecule has 1 rings (SSSR count). The Morgan fingerprint density at radius 1 is 1.92 bits per heavy atom. The van der Waals surface area contributed by atoms with Crippen LogP contribution in [-0.2, 0) is 11.3 Å². The van der Waals surface area contributed by atoms with Gasteiger partial charge in [-0.25, -0.2) is 4.98 Å². The Hall–Kier alpha value is -0.910. The molecule has 1 aromatic heterocycles. The highest BCUT2D eigenvalue weighted by molar-refractivity contribution is 9.10. The van der Waals surface area contributed by atoms with E-state index in [0.29, 0.717) is 5.82 Å². The summed E-state index contributed by atoms with van der Waals surface area (Å²) in [6, 6.07) is 0. The van der Waals surface area contributed by atoms with E-state index < -0.39 is 10.8 Å². The Bertz CT molecular complexity index is 286. The molecule has 0 aliphatic rings. The number of carbonyl (C=O) groups is 1. The van der Waals surface area contributed by atoms with Gasteiger partial charge in [-0.1, -0.05) is 15.9 Å². The number of aromatic nitrogens is 3. The first-order valence-electron chi connectivity index (χ1n) is 3.32. The van der Waals surface area contributed by atoms with E-state index >= 15 is 0 Å². The average molecular weight is 234 g/mol. The molecule has 0 aromatic carbocycles. The lowest BCUT2D eigenvalue weighted by atomic mass is 10.4. The van der Waals surface area contributed by atoms with Crippen molar-refractivity contribution in [1.29, 1.82) is 0 Å². The molecule has 1 unspecified atom stereocenters. The van der Waals surface area contributed by atoms with E-state index in [0.717, 1.165) is 0 Å². The number of nitrogens with zero attached hydrogens (tertiary/aromatic N) is 3. The second-order valence-electron chi connectivity index (χ2n) is 2.32. The van der Waals surface area contributed by atoms with Crippen LogP contribution in [0.4, 0.5) is 0 Å².